The molecule has 1 aliphatic rings. The third kappa shape index (κ3) is 2.27. The van der Waals surface area contributed by atoms with Gasteiger partial charge in [0.05, 0.1) is 0 Å². The summed E-state index contributed by atoms with van der Waals surface area (Å²) in [6.45, 7) is 5.59. The van der Waals surface area contributed by atoms with E-state index in [-0.39, 0.29) is 0 Å². The van der Waals surface area contributed by atoms with E-state index in [1.165, 1.54) is 5.56 Å². The molecule has 2 rings (SSSR count). The second kappa shape index (κ2) is 5.11. The van der Waals surface area contributed by atoms with Gasteiger partial charge in [-0.2, -0.15) is 0 Å². The number of hydrogen-bond donors (Lipinski definition) is 1. The lowest BCUT2D eigenvalue weighted by atomic mass is 9.83. The molecule has 0 amide bonds. The predicted octanol–water partition coefficient (Wildman–Crippen LogP) is 2.73. The van der Waals surface area contributed by atoms with E-state index in [2.05, 4.69) is 17.0 Å². The molecule has 98 valence electrons. The second-order valence-corrected chi connectivity index (χ2v) is 5.34. The number of likely N-dealkylation sites (tertiary alicyclic amines) is 1. The first kappa shape index (κ1) is 13.1. The van der Waals surface area contributed by atoms with Crippen LogP contribution in [0.25, 0.3) is 0 Å². The lowest BCUT2D eigenvalue weighted by molar-refractivity contribution is -0.154. The Labute approximate surface area is 108 Å². The summed E-state index contributed by atoms with van der Waals surface area (Å²) in [5.41, 5.74) is 0.623. The molecule has 0 saturated carbocycles. The smallest absolute Gasteiger partial charge is 0.323 e. The van der Waals surface area contributed by atoms with E-state index in [4.69, 9.17) is 0 Å². The van der Waals surface area contributed by atoms with E-state index in [1.54, 1.807) is 0 Å². The maximum atomic E-state index is 11.4. The molecule has 1 atom stereocenters. The number of carboxylic acid groups (broad SMARTS) is 1. The van der Waals surface area contributed by atoms with Crippen molar-refractivity contribution in [1.82, 2.24) is 4.90 Å². The Hall–Kier alpha value is -1.35. The van der Waals surface area contributed by atoms with E-state index >= 15 is 0 Å². The largest absolute Gasteiger partial charge is 0.480 e. The molecule has 0 spiro atoms. The fourth-order valence-corrected chi connectivity index (χ4v) is 2.70. The highest BCUT2D eigenvalue weighted by molar-refractivity contribution is 5.78. The van der Waals surface area contributed by atoms with Crippen molar-refractivity contribution in [3.8, 4) is 0 Å². The fraction of sp³-hybridized carbons (Fsp3) is 0.533. The van der Waals surface area contributed by atoms with Crippen molar-refractivity contribution in [2.45, 2.75) is 38.1 Å². The number of nitrogens with zero attached hydrogens (tertiary/aromatic N) is 1. The van der Waals surface area contributed by atoms with Gasteiger partial charge in [-0.15, -0.1) is 0 Å². The first-order chi connectivity index (χ1) is 8.58. The quantitative estimate of drug-likeness (QED) is 0.869. The molecule has 0 aliphatic carbocycles. The zero-order valence-electron chi connectivity index (χ0n) is 11.1. The van der Waals surface area contributed by atoms with Gasteiger partial charge in [-0.05, 0) is 18.9 Å². The highest BCUT2D eigenvalue weighted by Crippen LogP contribution is 2.35. The normalized spacial score (nSPS) is 20.1. The third-order valence-electron chi connectivity index (χ3n) is 4.05. The molecule has 0 radical (unpaired) electrons. The van der Waals surface area contributed by atoms with Crippen LogP contribution in [0.5, 0.6) is 0 Å². The first-order valence-corrected chi connectivity index (χ1v) is 6.61. The van der Waals surface area contributed by atoms with Crippen LogP contribution in [0, 0.1) is 0 Å². The van der Waals surface area contributed by atoms with Crippen molar-refractivity contribution in [1.29, 1.82) is 0 Å². The zero-order chi connectivity index (χ0) is 13.2. The molecule has 0 bridgehead atoms. The maximum absolute atomic E-state index is 11.4. The molecular formula is C15H21NO2. The minimum absolute atomic E-state index is 0.488. The minimum atomic E-state index is -0.698. The van der Waals surface area contributed by atoms with Gasteiger partial charge in [0.15, 0.2) is 0 Å². The van der Waals surface area contributed by atoms with E-state index in [1.807, 2.05) is 32.0 Å². The van der Waals surface area contributed by atoms with E-state index in [9.17, 15) is 9.90 Å². The molecule has 1 fully saturated rings. The topological polar surface area (TPSA) is 40.5 Å². The van der Waals surface area contributed by atoms with Crippen LogP contribution >= 0.6 is 0 Å². The highest BCUT2D eigenvalue weighted by atomic mass is 16.4. The summed E-state index contributed by atoms with van der Waals surface area (Å²) in [5.74, 6) is -0.211. The van der Waals surface area contributed by atoms with Crippen LogP contribution in [0.1, 0.15) is 38.2 Å². The average molecular weight is 247 g/mol. The van der Waals surface area contributed by atoms with Gasteiger partial charge in [0.2, 0.25) is 0 Å². The van der Waals surface area contributed by atoms with Gasteiger partial charge in [-0.1, -0.05) is 43.7 Å². The zero-order valence-corrected chi connectivity index (χ0v) is 11.1. The van der Waals surface area contributed by atoms with E-state index in [0.717, 1.165) is 19.5 Å². The van der Waals surface area contributed by atoms with Crippen LogP contribution in [0.4, 0.5) is 0 Å². The lowest BCUT2D eigenvalue weighted by Crippen LogP contribution is -2.61. The fourth-order valence-electron chi connectivity index (χ4n) is 2.70. The summed E-state index contributed by atoms with van der Waals surface area (Å²) in [4.78, 5) is 13.5. The summed E-state index contributed by atoms with van der Waals surface area (Å²) in [6.07, 6.45) is 1.61. The molecule has 3 nitrogen and oxygen atoms in total. The molecule has 1 saturated heterocycles. The van der Waals surface area contributed by atoms with Crippen LogP contribution in [0.15, 0.2) is 30.3 Å². The summed E-state index contributed by atoms with van der Waals surface area (Å²) < 4.78 is 0. The Bertz CT molecular complexity index is 412. The maximum Gasteiger partial charge on any atom is 0.323 e. The first-order valence-electron chi connectivity index (χ1n) is 6.61. The van der Waals surface area contributed by atoms with Crippen LogP contribution in [-0.4, -0.2) is 34.6 Å². The Morgan fingerprint density at radius 2 is 2.00 bits per heavy atom. The van der Waals surface area contributed by atoms with Crippen molar-refractivity contribution in [3.63, 3.8) is 0 Å². The van der Waals surface area contributed by atoms with Gasteiger partial charge in [0.1, 0.15) is 5.54 Å². The van der Waals surface area contributed by atoms with Crippen LogP contribution in [0.2, 0.25) is 0 Å². The van der Waals surface area contributed by atoms with Gasteiger partial charge in [-0.3, -0.25) is 9.69 Å². The van der Waals surface area contributed by atoms with Gasteiger partial charge in [0.25, 0.3) is 0 Å². The summed E-state index contributed by atoms with van der Waals surface area (Å²) >= 11 is 0. The number of carboxylic acids is 1. The molecule has 1 N–H and O–H groups in total. The van der Waals surface area contributed by atoms with Crippen molar-refractivity contribution in [2.75, 3.05) is 13.1 Å². The molecule has 18 heavy (non-hydrogen) atoms. The number of carbonyl (C=O) groups is 1. The molecule has 1 heterocycles. The number of rotatable bonds is 5. The Morgan fingerprint density at radius 1 is 1.39 bits per heavy atom. The molecule has 1 aliphatic heterocycles. The monoisotopic (exact) mass is 247 g/mol. The molecule has 0 aromatic heterocycles. The van der Waals surface area contributed by atoms with Gasteiger partial charge in [0, 0.05) is 19.0 Å². The van der Waals surface area contributed by atoms with Crippen molar-refractivity contribution in [2.24, 2.45) is 0 Å². The van der Waals surface area contributed by atoms with Crippen LogP contribution < -0.4 is 0 Å². The molecule has 3 heteroatoms. The van der Waals surface area contributed by atoms with Crippen LogP contribution in [0.3, 0.4) is 0 Å². The SMILES string of the molecule is CCCC(C)(C(=O)O)N1CC(c2ccccc2)C1. The number of aliphatic carboxylic acids is 1. The Balaban J connectivity index is 2.01. The van der Waals surface area contributed by atoms with E-state index < -0.39 is 11.5 Å². The molecular weight excluding hydrogens is 226 g/mol. The minimum Gasteiger partial charge on any atom is -0.480 e. The number of hydrogen-bond acceptors (Lipinski definition) is 2. The number of benzene rings is 1. The van der Waals surface area contributed by atoms with Gasteiger partial charge >= 0.3 is 5.97 Å². The standard InChI is InChI=1S/C15H21NO2/c1-3-9-15(2,14(17)18)16-10-13(11-16)12-7-5-4-6-8-12/h4-8,13H,3,9-11H2,1-2H3,(H,17,18). The Morgan fingerprint density at radius 3 is 2.50 bits per heavy atom. The molecule has 1 aromatic carbocycles. The third-order valence-corrected chi connectivity index (χ3v) is 4.05. The average Bonchev–Trinajstić information content (AvgIpc) is 2.28. The lowest BCUT2D eigenvalue weighted by Gasteiger charge is -2.48. The predicted molar refractivity (Wildman–Crippen MR) is 71.7 cm³/mol. The van der Waals surface area contributed by atoms with Gasteiger partial charge in [-0.25, -0.2) is 0 Å². The molecule has 1 aromatic rings. The summed E-state index contributed by atoms with van der Waals surface area (Å²) in [5, 5.41) is 9.41. The summed E-state index contributed by atoms with van der Waals surface area (Å²) in [6, 6.07) is 10.3. The highest BCUT2D eigenvalue weighted by Gasteiger charge is 2.45. The van der Waals surface area contributed by atoms with Crippen LogP contribution in [-0.2, 0) is 4.79 Å². The molecule has 1 unspecified atom stereocenters. The van der Waals surface area contributed by atoms with Crippen molar-refractivity contribution < 1.29 is 9.90 Å². The second-order valence-electron chi connectivity index (χ2n) is 5.34. The van der Waals surface area contributed by atoms with Crippen molar-refractivity contribution >= 4 is 5.97 Å². The van der Waals surface area contributed by atoms with Crippen molar-refractivity contribution in [3.05, 3.63) is 35.9 Å². The van der Waals surface area contributed by atoms with E-state index in [0.29, 0.717) is 12.3 Å². The Kier molecular flexibility index (Phi) is 3.71. The van der Waals surface area contributed by atoms with Gasteiger partial charge < -0.3 is 5.11 Å². The summed E-state index contributed by atoms with van der Waals surface area (Å²) in [7, 11) is 0.